The van der Waals surface area contributed by atoms with E-state index < -0.39 is 6.61 Å². The van der Waals surface area contributed by atoms with Crippen molar-refractivity contribution >= 4 is 34.6 Å². The number of thioether (sulfide) groups is 1. The number of carbonyl (C=O) groups excluding carboxylic acids is 1. The van der Waals surface area contributed by atoms with Crippen LogP contribution in [0.3, 0.4) is 0 Å². The Morgan fingerprint density at radius 2 is 1.66 bits per heavy atom. The number of anilines is 1. The van der Waals surface area contributed by atoms with E-state index in [1.54, 1.807) is 37.5 Å². The second-order valence-electron chi connectivity index (χ2n) is 6.38. The molecule has 0 radical (unpaired) electrons. The van der Waals surface area contributed by atoms with Crippen molar-refractivity contribution in [1.29, 1.82) is 0 Å². The summed E-state index contributed by atoms with van der Waals surface area (Å²) in [6, 6.07) is 13.2. The van der Waals surface area contributed by atoms with Crippen molar-refractivity contribution in [3.8, 4) is 11.5 Å². The van der Waals surface area contributed by atoms with Crippen LogP contribution in [0.4, 0.5) is 14.5 Å². The van der Waals surface area contributed by atoms with Crippen molar-refractivity contribution in [1.82, 2.24) is 0 Å². The molecule has 0 fully saturated rings. The molecule has 152 valence electrons. The molecule has 8 heteroatoms. The Bertz CT molecular complexity index is 926. The molecule has 5 nitrogen and oxygen atoms in total. The van der Waals surface area contributed by atoms with Gasteiger partial charge in [-0.25, -0.2) is 4.99 Å². The average molecular weight is 418 g/mol. The highest BCUT2D eigenvalue weighted by atomic mass is 32.2. The highest BCUT2D eigenvalue weighted by Crippen LogP contribution is 2.32. The molecule has 2 aromatic rings. The van der Waals surface area contributed by atoms with Gasteiger partial charge in [0.1, 0.15) is 17.2 Å². The Morgan fingerprint density at radius 1 is 1.03 bits per heavy atom. The third-order valence-electron chi connectivity index (χ3n) is 3.91. The fraction of sp³-hybridized carbons (Fsp3) is 0.238. The predicted molar refractivity (Wildman–Crippen MR) is 112 cm³/mol. The first-order chi connectivity index (χ1) is 13.9. The summed E-state index contributed by atoms with van der Waals surface area (Å²) in [4.78, 5) is 19.0. The van der Waals surface area contributed by atoms with E-state index in [1.165, 1.54) is 28.8 Å². The third-order valence-corrected chi connectivity index (χ3v) is 4.87. The van der Waals surface area contributed by atoms with Crippen molar-refractivity contribution in [2.75, 3.05) is 12.0 Å². The Labute approximate surface area is 172 Å². The van der Waals surface area contributed by atoms with E-state index in [2.05, 4.69) is 9.73 Å². The first kappa shape index (κ1) is 20.9. The van der Waals surface area contributed by atoms with Crippen molar-refractivity contribution in [2.24, 2.45) is 4.99 Å². The molecule has 0 bridgehead atoms. The maximum absolute atomic E-state index is 13.0. The van der Waals surface area contributed by atoms with Crippen molar-refractivity contribution in [3.63, 3.8) is 0 Å². The number of aliphatic imine (C=N–C) groups is 1. The molecule has 2 aromatic carbocycles. The number of amides is 1. The zero-order valence-electron chi connectivity index (χ0n) is 16.1. The number of halogens is 2. The van der Waals surface area contributed by atoms with E-state index in [1.807, 2.05) is 26.0 Å². The van der Waals surface area contributed by atoms with Crippen LogP contribution in [0, 0.1) is 0 Å². The second kappa shape index (κ2) is 9.09. The summed E-state index contributed by atoms with van der Waals surface area (Å²) in [5.74, 6) is 0.461. The van der Waals surface area contributed by atoms with E-state index in [4.69, 9.17) is 4.74 Å². The van der Waals surface area contributed by atoms with Gasteiger partial charge in [0.2, 0.25) is 0 Å². The molecular weight excluding hydrogens is 398 g/mol. The standard InChI is InChI=1S/C21H20F2N2O3S/c1-13(2)29-21-24-18(12-14-4-8-16(27-3)9-5-14)19(26)25(21)15-6-10-17(11-7-15)28-20(22)23/h4-13,20H,1-3H3. The van der Waals surface area contributed by atoms with Gasteiger partial charge in [-0.15, -0.1) is 0 Å². The highest BCUT2D eigenvalue weighted by Gasteiger charge is 2.32. The van der Waals surface area contributed by atoms with Gasteiger partial charge in [-0.2, -0.15) is 8.78 Å². The van der Waals surface area contributed by atoms with Crippen LogP contribution in [0.5, 0.6) is 11.5 Å². The largest absolute Gasteiger partial charge is 0.497 e. The summed E-state index contributed by atoms with van der Waals surface area (Å²) in [5, 5.41) is 0.734. The van der Waals surface area contributed by atoms with Gasteiger partial charge >= 0.3 is 6.61 Å². The smallest absolute Gasteiger partial charge is 0.387 e. The monoisotopic (exact) mass is 418 g/mol. The number of methoxy groups -OCH3 is 1. The molecule has 0 saturated carbocycles. The van der Waals surface area contributed by atoms with Gasteiger partial charge < -0.3 is 9.47 Å². The zero-order chi connectivity index (χ0) is 21.0. The van der Waals surface area contributed by atoms with Crippen LogP contribution in [0.25, 0.3) is 6.08 Å². The fourth-order valence-corrected chi connectivity index (χ4v) is 3.51. The summed E-state index contributed by atoms with van der Waals surface area (Å²) in [7, 11) is 1.59. The van der Waals surface area contributed by atoms with Gasteiger partial charge in [0.05, 0.1) is 12.8 Å². The average Bonchev–Trinajstić information content (AvgIpc) is 2.97. The normalized spacial score (nSPS) is 15.4. The summed E-state index contributed by atoms with van der Waals surface area (Å²) in [5.41, 5.74) is 1.64. The van der Waals surface area contributed by atoms with Gasteiger partial charge in [-0.1, -0.05) is 37.7 Å². The van der Waals surface area contributed by atoms with Gasteiger partial charge in [-0.05, 0) is 48.0 Å². The molecule has 1 amide bonds. The quantitative estimate of drug-likeness (QED) is 0.607. The van der Waals surface area contributed by atoms with Crippen LogP contribution in [0.15, 0.2) is 59.2 Å². The summed E-state index contributed by atoms with van der Waals surface area (Å²) in [6.07, 6.45) is 1.71. The van der Waals surface area contributed by atoms with Crippen molar-refractivity contribution < 1.29 is 23.0 Å². The molecule has 0 atom stereocenters. The van der Waals surface area contributed by atoms with Crippen LogP contribution in [0.1, 0.15) is 19.4 Å². The number of hydrogen-bond donors (Lipinski definition) is 0. The van der Waals surface area contributed by atoms with Gasteiger partial charge in [0, 0.05) is 5.25 Å². The minimum atomic E-state index is -2.90. The first-order valence-corrected chi connectivity index (χ1v) is 9.76. The molecule has 29 heavy (non-hydrogen) atoms. The molecule has 0 unspecified atom stereocenters. The molecule has 1 heterocycles. The fourth-order valence-electron chi connectivity index (χ4n) is 2.65. The summed E-state index contributed by atoms with van der Waals surface area (Å²) in [6.45, 7) is 1.10. The molecule has 1 aliphatic rings. The Hall–Kier alpha value is -2.87. The third kappa shape index (κ3) is 5.14. The maximum atomic E-state index is 13.0. The molecule has 0 spiro atoms. The number of rotatable bonds is 6. The lowest BCUT2D eigenvalue weighted by atomic mass is 10.2. The number of benzene rings is 2. The molecule has 3 rings (SSSR count). The van der Waals surface area contributed by atoms with Crippen LogP contribution in [0.2, 0.25) is 0 Å². The van der Waals surface area contributed by atoms with E-state index in [0.29, 0.717) is 16.6 Å². The van der Waals surface area contributed by atoms with Crippen molar-refractivity contribution in [2.45, 2.75) is 25.7 Å². The number of ether oxygens (including phenoxy) is 2. The molecule has 1 aliphatic heterocycles. The molecular formula is C21H20F2N2O3S. The van der Waals surface area contributed by atoms with E-state index >= 15 is 0 Å². The Kier molecular flexibility index (Phi) is 6.53. The lowest BCUT2D eigenvalue weighted by Crippen LogP contribution is -2.30. The minimum Gasteiger partial charge on any atom is -0.497 e. The molecule has 0 saturated heterocycles. The molecule has 0 aromatic heterocycles. The molecule has 0 aliphatic carbocycles. The summed E-state index contributed by atoms with van der Waals surface area (Å²) >= 11 is 1.45. The van der Waals surface area contributed by atoms with Gasteiger partial charge in [0.25, 0.3) is 5.91 Å². The van der Waals surface area contributed by atoms with Crippen LogP contribution in [-0.2, 0) is 4.79 Å². The maximum Gasteiger partial charge on any atom is 0.387 e. The van der Waals surface area contributed by atoms with E-state index in [0.717, 1.165) is 11.3 Å². The SMILES string of the molecule is COc1ccc(C=C2N=C(SC(C)C)N(c3ccc(OC(F)F)cc3)C2=O)cc1. The zero-order valence-corrected chi connectivity index (χ0v) is 17.0. The summed E-state index contributed by atoms with van der Waals surface area (Å²) < 4.78 is 34.3. The Balaban J connectivity index is 1.91. The lowest BCUT2D eigenvalue weighted by Gasteiger charge is -2.19. The highest BCUT2D eigenvalue weighted by molar-refractivity contribution is 8.14. The topological polar surface area (TPSA) is 51.1 Å². The van der Waals surface area contributed by atoms with Gasteiger partial charge in [-0.3, -0.25) is 9.69 Å². The van der Waals surface area contributed by atoms with Crippen molar-refractivity contribution in [3.05, 3.63) is 59.8 Å². The van der Waals surface area contributed by atoms with Crippen LogP contribution in [-0.4, -0.2) is 30.0 Å². The van der Waals surface area contributed by atoms with Gasteiger partial charge in [0.15, 0.2) is 5.17 Å². The number of hydrogen-bond acceptors (Lipinski definition) is 5. The van der Waals surface area contributed by atoms with E-state index in [9.17, 15) is 13.6 Å². The second-order valence-corrected chi connectivity index (χ2v) is 7.92. The lowest BCUT2D eigenvalue weighted by molar-refractivity contribution is -0.113. The predicted octanol–water partition coefficient (Wildman–Crippen LogP) is 5.18. The molecule has 0 N–H and O–H groups in total. The van der Waals surface area contributed by atoms with E-state index in [-0.39, 0.29) is 16.9 Å². The first-order valence-electron chi connectivity index (χ1n) is 8.88. The van der Waals surface area contributed by atoms with Crippen LogP contribution < -0.4 is 14.4 Å². The van der Waals surface area contributed by atoms with Crippen LogP contribution >= 0.6 is 11.8 Å². The Morgan fingerprint density at radius 3 is 2.21 bits per heavy atom. The number of nitrogens with zero attached hydrogens (tertiary/aromatic N) is 2. The number of amidine groups is 1. The minimum absolute atomic E-state index is 0.0272. The number of carbonyl (C=O) groups is 1. The number of alkyl halides is 2.